The summed E-state index contributed by atoms with van der Waals surface area (Å²) in [6.07, 6.45) is -0.804. The van der Waals surface area contributed by atoms with E-state index in [4.69, 9.17) is 9.47 Å². The molecular weight excluding hydrogens is 383 g/mol. The second kappa shape index (κ2) is 8.18. The fourth-order valence-corrected chi connectivity index (χ4v) is 4.13. The number of ether oxygens (including phenoxy) is 2. The molecule has 2 aliphatic rings. The lowest BCUT2D eigenvalue weighted by Crippen LogP contribution is -2.37. The molecule has 0 radical (unpaired) electrons. The molecule has 2 aromatic heterocycles. The lowest BCUT2D eigenvalue weighted by Gasteiger charge is -2.37. The molecule has 5 nitrogen and oxygen atoms in total. The van der Waals surface area contributed by atoms with Gasteiger partial charge < -0.3 is 9.47 Å². The highest BCUT2D eigenvalue weighted by Crippen LogP contribution is 2.36. The van der Waals surface area contributed by atoms with Crippen molar-refractivity contribution in [2.24, 2.45) is 0 Å². The quantitative estimate of drug-likeness (QED) is 0.743. The van der Waals surface area contributed by atoms with Crippen LogP contribution >= 0.6 is 0 Å². The minimum absolute atomic E-state index is 0.0886. The molecule has 0 amide bonds. The minimum Gasteiger partial charge on any atom is -0.484 e. The molecule has 29 heavy (non-hydrogen) atoms. The van der Waals surface area contributed by atoms with Crippen LogP contribution in [0.1, 0.15) is 60.8 Å². The van der Waals surface area contributed by atoms with Crippen molar-refractivity contribution in [1.29, 1.82) is 0 Å². The van der Waals surface area contributed by atoms with Gasteiger partial charge in [0, 0.05) is 18.3 Å². The lowest BCUT2D eigenvalue weighted by atomic mass is 9.89. The standard InChI is InChI=1S/C21H24F3N3O2/c1-12-8-15(9-17(25-12)20(23)24)14-4-3-5-27(11-14)13(2)19-16(22)10-18-21(26-19)29-7-6-28-18/h8-10,13-14,20H,3-7,11H2,1-2H3. The van der Waals surface area contributed by atoms with Crippen LogP contribution in [0.15, 0.2) is 18.2 Å². The van der Waals surface area contributed by atoms with Gasteiger partial charge in [-0.3, -0.25) is 9.88 Å². The maximum atomic E-state index is 14.7. The zero-order valence-electron chi connectivity index (χ0n) is 16.5. The van der Waals surface area contributed by atoms with Crippen molar-refractivity contribution in [3.63, 3.8) is 0 Å². The van der Waals surface area contributed by atoms with Crippen LogP contribution in [0.25, 0.3) is 0 Å². The Morgan fingerprint density at radius 1 is 1.14 bits per heavy atom. The number of aryl methyl sites for hydroxylation is 1. The average molecular weight is 407 g/mol. The molecule has 0 saturated carbocycles. The van der Waals surface area contributed by atoms with Gasteiger partial charge in [0.2, 0.25) is 0 Å². The zero-order valence-corrected chi connectivity index (χ0v) is 16.5. The van der Waals surface area contributed by atoms with Crippen LogP contribution in [-0.2, 0) is 0 Å². The number of halogens is 3. The molecule has 156 valence electrons. The molecule has 2 atom stereocenters. The Balaban J connectivity index is 1.56. The molecule has 2 unspecified atom stereocenters. The normalized spacial score (nSPS) is 20.7. The summed E-state index contributed by atoms with van der Waals surface area (Å²) < 4.78 is 51.9. The Morgan fingerprint density at radius 3 is 2.72 bits per heavy atom. The van der Waals surface area contributed by atoms with E-state index in [0.29, 0.717) is 42.8 Å². The van der Waals surface area contributed by atoms with Gasteiger partial charge in [-0.05, 0) is 56.8 Å². The predicted molar refractivity (Wildman–Crippen MR) is 101 cm³/mol. The van der Waals surface area contributed by atoms with E-state index in [0.717, 1.165) is 24.9 Å². The number of likely N-dealkylation sites (tertiary alicyclic amines) is 1. The van der Waals surface area contributed by atoms with Crippen LogP contribution in [0.4, 0.5) is 13.2 Å². The summed E-state index contributed by atoms with van der Waals surface area (Å²) in [6.45, 7) is 5.84. The lowest BCUT2D eigenvalue weighted by molar-refractivity contribution is 0.141. The Labute approximate surface area is 167 Å². The van der Waals surface area contributed by atoms with E-state index >= 15 is 0 Å². The molecule has 2 aromatic rings. The molecule has 0 aromatic carbocycles. The number of pyridine rings is 2. The number of hydrogen-bond acceptors (Lipinski definition) is 5. The van der Waals surface area contributed by atoms with E-state index in [2.05, 4.69) is 14.9 Å². The van der Waals surface area contributed by atoms with Crippen molar-refractivity contribution in [3.05, 3.63) is 46.7 Å². The first-order valence-corrected chi connectivity index (χ1v) is 9.89. The number of nitrogens with zero attached hydrogens (tertiary/aromatic N) is 3. The average Bonchev–Trinajstić information content (AvgIpc) is 2.72. The van der Waals surface area contributed by atoms with Crippen LogP contribution in [0.2, 0.25) is 0 Å². The summed E-state index contributed by atoms with van der Waals surface area (Å²) in [5.74, 6) is 0.307. The van der Waals surface area contributed by atoms with E-state index in [1.54, 1.807) is 6.92 Å². The van der Waals surface area contributed by atoms with E-state index in [-0.39, 0.29) is 17.7 Å². The highest BCUT2D eigenvalue weighted by atomic mass is 19.3. The van der Waals surface area contributed by atoms with Crippen molar-refractivity contribution >= 4 is 0 Å². The van der Waals surface area contributed by atoms with Gasteiger partial charge in [-0.25, -0.2) is 18.2 Å². The van der Waals surface area contributed by atoms with Crippen LogP contribution in [-0.4, -0.2) is 41.2 Å². The summed E-state index contributed by atoms with van der Waals surface area (Å²) in [7, 11) is 0. The Hall–Kier alpha value is -2.35. The Kier molecular flexibility index (Phi) is 5.63. The van der Waals surface area contributed by atoms with Gasteiger partial charge in [0.15, 0.2) is 5.75 Å². The summed E-state index contributed by atoms with van der Waals surface area (Å²) >= 11 is 0. The summed E-state index contributed by atoms with van der Waals surface area (Å²) in [4.78, 5) is 10.4. The van der Waals surface area contributed by atoms with Crippen molar-refractivity contribution < 1.29 is 22.6 Å². The molecule has 1 fully saturated rings. The third kappa shape index (κ3) is 4.17. The number of alkyl halides is 2. The second-order valence-electron chi connectivity index (χ2n) is 7.63. The summed E-state index contributed by atoms with van der Waals surface area (Å²) in [5, 5.41) is 0. The number of fused-ring (bicyclic) bond motifs is 1. The van der Waals surface area contributed by atoms with E-state index in [1.807, 2.05) is 13.0 Å². The predicted octanol–water partition coefficient (Wildman–Crippen LogP) is 4.57. The first-order valence-electron chi connectivity index (χ1n) is 9.89. The number of hydrogen-bond donors (Lipinski definition) is 0. The van der Waals surface area contributed by atoms with Gasteiger partial charge in [-0.2, -0.15) is 0 Å². The molecule has 0 bridgehead atoms. The van der Waals surface area contributed by atoms with E-state index in [1.165, 1.54) is 12.1 Å². The zero-order chi connectivity index (χ0) is 20.5. The Morgan fingerprint density at radius 2 is 1.93 bits per heavy atom. The van der Waals surface area contributed by atoms with E-state index < -0.39 is 12.2 Å². The maximum absolute atomic E-state index is 14.7. The number of rotatable bonds is 4. The van der Waals surface area contributed by atoms with Gasteiger partial charge >= 0.3 is 0 Å². The molecule has 4 rings (SSSR count). The molecule has 1 saturated heterocycles. The largest absolute Gasteiger partial charge is 0.484 e. The van der Waals surface area contributed by atoms with Crippen molar-refractivity contribution in [3.8, 4) is 11.6 Å². The van der Waals surface area contributed by atoms with Crippen LogP contribution in [0.3, 0.4) is 0 Å². The van der Waals surface area contributed by atoms with Crippen LogP contribution < -0.4 is 9.47 Å². The number of aromatic nitrogens is 2. The first kappa shape index (κ1) is 19.9. The van der Waals surface area contributed by atoms with Gasteiger partial charge in [0.25, 0.3) is 12.3 Å². The molecule has 4 heterocycles. The summed E-state index contributed by atoms with van der Waals surface area (Å²) in [5.41, 5.74) is 1.57. The highest BCUT2D eigenvalue weighted by molar-refractivity contribution is 5.37. The van der Waals surface area contributed by atoms with Gasteiger partial charge in [-0.15, -0.1) is 0 Å². The van der Waals surface area contributed by atoms with Crippen LogP contribution in [0, 0.1) is 12.7 Å². The summed E-state index contributed by atoms with van der Waals surface area (Å²) in [6, 6.07) is 4.43. The van der Waals surface area contributed by atoms with Crippen molar-refractivity contribution in [1.82, 2.24) is 14.9 Å². The van der Waals surface area contributed by atoms with Gasteiger partial charge in [-0.1, -0.05) is 0 Å². The smallest absolute Gasteiger partial charge is 0.280 e. The fourth-order valence-electron chi connectivity index (χ4n) is 4.13. The molecule has 0 aliphatic carbocycles. The van der Waals surface area contributed by atoms with E-state index in [9.17, 15) is 13.2 Å². The van der Waals surface area contributed by atoms with Gasteiger partial charge in [0.1, 0.15) is 24.7 Å². The second-order valence-corrected chi connectivity index (χ2v) is 7.63. The topological polar surface area (TPSA) is 47.5 Å². The molecular formula is C21H24F3N3O2. The third-order valence-corrected chi connectivity index (χ3v) is 5.60. The maximum Gasteiger partial charge on any atom is 0.280 e. The fraction of sp³-hybridized carbons (Fsp3) is 0.524. The third-order valence-electron chi connectivity index (χ3n) is 5.60. The molecule has 2 aliphatic heterocycles. The molecule has 8 heteroatoms. The Bertz CT molecular complexity index is 894. The first-order chi connectivity index (χ1) is 13.9. The molecule has 0 spiro atoms. The molecule has 0 N–H and O–H groups in total. The van der Waals surface area contributed by atoms with Crippen molar-refractivity contribution in [2.75, 3.05) is 26.3 Å². The monoisotopic (exact) mass is 407 g/mol. The van der Waals surface area contributed by atoms with Crippen molar-refractivity contribution in [2.45, 2.75) is 45.1 Å². The minimum atomic E-state index is -2.59. The highest BCUT2D eigenvalue weighted by Gasteiger charge is 2.30. The van der Waals surface area contributed by atoms with Crippen LogP contribution in [0.5, 0.6) is 11.6 Å². The van der Waals surface area contributed by atoms with Gasteiger partial charge in [0.05, 0.1) is 11.7 Å². The SMILES string of the molecule is Cc1cc(C2CCCN(C(C)c3nc4c(cc3F)OCCO4)C2)cc(C(F)F)n1. The number of piperidine rings is 1.